The van der Waals surface area contributed by atoms with Crippen LogP contribution in [0.4, 0.5) is 0 Å². The Labute approximate surface area is 429 Å². The minimum absolute atomic E-state index is 1.20. The molecule has 0 atom stereocenters. The lowest BCUT2D eigenvalue weighted by Crippen LogP contribution is -1.95. The Morgan fingerprint density at radius 3 is 0.689 bits per heavy atom. The Bertz CT molecular complexity index is 4330. The summed E-state index contributed by atoms with van der Waals surface area (Å²) < 4.78 is 0. The lowest BCUT2D eigenvalue weighted by molar-refractivity contribution is 1.65. The van der Waals surface area contributed by atoms with Crippen molar-refractivity contribution in [2.75, 3.05) is 0 Å². The molecular weight excluding hydrogens is 889 g/mol. The third-order valence-corrected chi connectivity index (χ3v) is 15.8. The van der Waals surface area contributed by atoms with Gasteiger partial charge >= 0.3 is 0 Å². The maximum atomic E-state index is 2.51. The predicted molar refractivity (Wildman–Crippen MR) is 319 cm³/mol. The average Bonchev–Trinajstić information content (AvgIpc) is 3.48. The van der Waals surface area contributed by atoms with Crippen molar-refractivity contribution in [1.82, 2.24) is 0 Å². The van der Waals surface area contributed by atoms with Gasteiger partial charge in [-0.3, -0.25) is 0 Å². The zero-order chi connectivity index (χ0) is 48.7. The van der Waals surface area contributed by atoms with Gasteiger partial charge in [0.1, 0.15) is 0 Å². The molecule has 0 radical (unpaired) electrons. The van der Waals surface area contributed by atoms with Crippen molar-refractivity contribution in [2.24, 2.45) is 0 Å². The van der Waals surface area contributed by atoms with Crippen LogP contribution in [0.25, 0.3) is 153 Å². The summed E-state index contributed by atoms with van der Waals surface area (Å²) in [6.07, 6.45) is 0. The summed E-state index contributed by atoms with van der Waals surface area (Å²) in [6, 6.07) is 104. The van der Waals surface area contributed by atoms with Crippen molar-refractivity contribution in [2.45, 2.75) is 0 Å². The van der Waals surface area contributed by atoms with Gasteiger partial charge in [0.05, 0.1) is 0 Å². The van der Waals surface area contributed by atoms with Gasteiger partial charge in [0.15, 0.2) is 0 Å². The molecule has 342 valence electrons. The largest absolute Gasteiger partial charge is 0.0622 e. The van der Waals surface area contributed by atoms with Crippen molar-refractivity contribution < 1.29 is 0 Å². The first-order chi connectivity index (χ1) is 36.7. The van der Waals surface area contributed by atoms with Crippen LogP contribution >= 0.6 is 0 Å². The van der Waals surface area contributed by atoms with Crippen LogP contribution < -0.4 is 0 Å². The maximum absolute atomic E-state index is 2.51. The molecule has 15 rings (SSSR count). The van der Waals surface area contributed by atoms with Crippen molar-refractivity contribution in [3.63, 3.8) is 0 Å². The molecule has 0 N–H and O–H groups in total. The van der Waals surface area contributed by atoms with Gasteiger partial charge in [0.25, 0.3) is 0 Å². The average molecular weight is 935 g/mol. The van der Waals surface area contributed by atoms with Crippen LogP contribution in [0.15, 0.2) is 279 Å². The van der Waals surface area contributed by atoms with Gasteiger partial charge in [-0.15, -0.1) is 0 Å². The van der Waals surface area contributed by atoms with Crippen LogP contribution in [0.3, 0.4) is 0 Å². The van der Waals surface area contributed by atoms with Crippen molar-refractivity contribution in [3.8, 4) is 66.8 Å². The van der Waals surface area contributed by atoms with Gasteiger partial charge in [0.2, 0.25) is 0 Å². The number of hydrogen-bond acceptors (Lipinski definition) is 0. The van der Waals surface area contributed by atoms with Gasteiger partial charge in [-0.2, -0.15) is 0 Å². The number of hydrogen-bond donors (Lipinski definition) is 0. The van der Waals surface area contributed by atoms with Crippen LogP contribution in [0.1, 0.15) is 0 Å². The molecule has 0 unspecified atom stereocenters. The van der Waals surface area contributed by atoms with Crippen molar-refractivity contribution >= 4 is 86.2 Å². The topological polar surface area (TPSA) is 0 Å². The van der Waals surface area contributed by atoms with Gasteiger partial charge < -0.3 is 0 Å². The Morgan fingerprint density at radius 1 is 0.122 bits per heavy atom. The zero-order valence-electron chi connectivity index (χ0n) is 40.6. The maximum Gasteiger partial charge on any atom is -0.00259 e. The van der Waals surface area contributed by atoms with E-state index < -0.39 is 0 Å². The highest BCUT2D eigenvalue weighted by Crippen LogP contribution is 2.51. The van der Waals surface area contributed by atoms with E-state index in [0.29, 0.717) is 0 Å². The molecule has 0 nitrogen and oxygen atoms in total. The van der Waals surface area contributed by atoms with Crippen LogP contribution in [0.5, 0.6) is 0 Å². The standard InChI is InChI=1S/C74H46/c1-3-21-49(22-4-1)69-57-27-11-15-31-61(57)71(62-32-16-12-28-58(62)69)55-39-41-65-67(45-55)73(53-37-35-47-19-7-9-25-51(47)43-53)66-42-40-56(46-68(66)74(65)54-38-36-48-20-8-10-26-52(48)44-54)72-63-33-17-13-29-59(63)70(50-23-5-2-6-24-50)60-30-14-18-34-64(60)72/h1-46H. The molecule has 0 amide bonds. The molecule has 74 heavy (non-hydrogen) atoms. The molecule has 0 saturated carbocycles. The fraction of sp³-hybridized carbons (Fsp3) is 0. The third kappa shape index (κ3) is 6.62. The van der Waals surface area contributed by atoms with E-state index >= 15 is 0 Å². The molecule has 0 fully saturated rings. The molecule has 0 aliphatic carbocycles. The Balaban J connectivity index is 1.08. The smallest absolute Gasteiger partial charge is 0.00259 e. The molecule has 15 aromatic carbocycles. The number of rotatable bonds is 6. The monoisotopic (exact) mass is 934 g/mol. The lowest BCUT2D eigenvalue weighted by Gasteiger charge is -2.22. The molecule has 0 aliphatic heterocycles. The highest BCUT2D eigenvalue weighted by atomic mass is 14.3. The molecule has 0 heterocycles. The molecule has 0 aromatic heterocycles. The number of benzene rings is 15. The second-order valence-electron chi connectivity index (χ2n) is 19.8. The third-order valence-electron chi connectivity index (χ3n) is 15.8. The van der Waals surface area contributed by atoms with E-state index in [9.17, 15) is 0 Å². The SMILES string of the molecule is c1ccc(-c2c3ccccc3c(-c3ccc4c(-c5ccc6ccccc6c5)c5cc(-c6c7ccccc7c(-c7ccccc7)c7ccccc67)ccc5c(-c5ccc6ccccc6c5)c4c3)c3ccccc23)cc1. The van der Waals surface area contributed by atoms with E-state index in [0.717, 1.165) is 0 Å². The van der Waals surface area contributed by atoms with E-state index in [2.05, 4.69) is 279 Å². The zero-order valence-corrected chi connectivity index (χ0v) is 40.6. The summed E-state index contributed by atoms with van der Waals surface area (Å²) in [7, 11) is 0. The fourth-order valence-corrected chi connectivity index (χ4v) is 12.6. The van der Waals surface area contributed by atoms with E-state index in [-0.39, 0.29) is 0 Å². The fourth-order valence-electron chi connectivity index (χ4n) is 12.6. The molecule has 0 spiro atoms. The highest BCUT2D eigenvalue weighted by Gasteiger charge is 2.23. The molecule has 0 bridgehead atoms. The Kier molecular flexibility index (Phi) is 9.68. The van der Waals surface area contributed by atoms with Crippen LogP contribution in [0, 0.1) is 0 Å². The van der Waals surface area contributed by atoms with Crippen molar-refractivity contribution in [3.05, 3.63) is 279 Å². The van der Waals surface area contributed by atoms with E-state index in [4.69, 9.17) is 0 Å². The summed E-state index contributed by atoms with van der Waals surface area (Å²) >= 11 is 0. The first-order valence-electron chi connectivity index (χ1n) is 25.7. The van der Waals surface area contributed by atoms with Gasteiger partial charge in [-0.1, -0.05) is 255 Å². The van der Waals surface area contributed by atoms with Gasteiger partial charge in [0, 0.05) is 0 Å². The first-order valence-corrected chi connectivity index (χ1v) is 25.7. The normalized spacial score (nSPS) is 11.8. The minimum atomic E-state index is 1.20. The molecule has 0 aliphatic rings. The van der Waals surface area contributed by atoms with Crippen LogP contribution in [-0.2, 0) is 0 Å². The molecule has 0 heteroatoms. The summed E-state index contributed by atoms with van der Waals surface area (Å²) in [5.41, 5.74) is 14.8. The summed E-state index contributed by atoms with van der Waals surface area (Å²) in [6.45, 7) is 0. The minimum Gasteiger partial charge on any atom is -0.0622 e. The van der Waals surface area contributed by atoms with Crippen molar-refractivity contribution in [1.29, 1.82) is 0 Å². The van der Waals surface area contributed by atoms with Gasteiger partial charge in [-0.25, -0.2) is 0 Å². The van der Waals surface area contributed by atoms with Crippen LogP contribution in [-0.4, -0.2) is 0 Å². The second-order valence-corrected chi connectivity index (χ2v) is 19.8. The lowest BCUT2D eigenvalue weighted by atomic mass is 9.81. The summed E-state index contributed by atoms with van der Waals surface area (Å²) in [5.74, 6) is 0. The predicted octanol–water partition coefficient (Wildman–Crippen LogP) is 20.9. The van der Waals surface area contributed by atoms with E-state index in [1.807, 2.05) is 0 Å². The summed E-state index contributed by atoms with van der Waals surface area (Å²) in [5, 5.41) is 19.8. The van der Waals surface area contributed by atoms with E-state index in [1.165, 1.54) is 153 Å². The first kappa shape index (κ1) is 42.1. The summed E-state index contributed by atoms with van der Waals surface area (Å²) in [4.78, 5) is 0. The van der Waals surface area contributed by atoms with Gasteiger partial charge in [-0.05, 0) is 177 Å². The number of fused-ring (bicyclic) bond motifs is 8. The highest BCUT2D eigenvalue weighted by molar-refractivity contribution is 6.27. The second kappa shape index (κ2) is 17.0. The Hall–Kier alpha value is -9.62. The molecule has 15 aromatic rings. The Morgan fingerprint density at radius 2 is 0.351 bits per heavy atom. The molecule has 0 saturated heterocycles. The van der Waals surface area contributed by atoms with Crippen LogP contribution in [0.2, 0.25) is 0 Å². The molecular formula is C74H46. The quantitative estimate of drug-likeness (QED) is 0.146. The van der Waals surface area contributed by atoms with E-state index in [1.54, 1.807) is 0 Å².